The first-order chi connectivity index (χ1) is 12.7. The molecular weight excluding hydrogens is 435 g/mol. The molecule has 0 radical (unpaired) electrons. The van der Waals surface area contributed by atoms with E-state index in [1.807, 2.05) is 19.1 Å². The van der Waals surface area contributed by atoms with Gasteiger partial charge in [0, 0.05) is 16.4 Å². The quantitative estimate of drug-likeness (QED) is 0.463. The van der Waals surface area contributed by atoms with Gasteiger partial charge in [-0.15, -0.1) is 0 Å². The zero-order valence-corrected chi connectivity index (χ0v) is 17.3. The maximum atomic E-state index is 12.3. The van der Waals surface area contributed by atoms with Gasteiger partial charge in [-0.2, -0.15) is 0 Å². The second-order valence-electron chi connectivity index (χ2n) is 7.06. The van der Waals surface area contributed by atoms with Crippen molar-refractivity contribution in [1.82, 2.24) is 0 Å². The Morgan fingerprint density at radius 1 is 1.44 bits per heavy atom. The highest BCUT2D eigenvalue weighted by Crippen LogP contribution is 2.39. The second kappa shape index (κ2) is 8.09. The Bertz CT molecular complexity index is 895. The molecule has 2 aliphatic rings. The SMILES string of the molecule is C/C(=C\c1cc(Br)ccc1O)CC[C@H]1OB(O)C[C@H]2C1=C(CO)CS2(=O)=O. The third-order valence-electron chi connectivity index (χ3n) is 5.03. The highest BCUT2D eigenvalue weighted by Gasteiger charge is 2.48. The third-order valence-corrected chi connectivity index (χ3v) is 7.59. The van der Waals surface area contributed by atoms with Crippen LogP contribution in [0.5, 0.6) is 5.75 Å². The van der Waals surface area contributed by atoms with Gasteiger partial charge in [0.25, 0.3) is 0 Å². The van der Waals surface area contributed by atoms with E-state index in [1.54, 1.807) is 12.1 Å². The van der Waals surface area contributed by atoms with Crippen molar-refractivity contribution in [2.45, 2.75) is 37.4 Å². The summed E-state index contributed by atoms with van der Waals surface area (Å²) >= 11 is 3.38. The first-order valence-electron chi connectivity index (χ1n) is 8.74. The van der Waals surface area contributed by atoms with Gasteiger partial charge in [-0.05, 0) is 49.1 Å². The number of phenols is 1. The Balaban J connectivity index is 1.78. The van der Waals surface area contributed by atoms with Crippen LogP contribution >= 0.6 is 15.9 Å². The summed E-state index contributed by atoms with van der Waals surface area (Å²) in [5.41, 5.74) is 2.77. The minimum Gasteiger partial charge on any atom is -0.507 e. The number of hydrogen-bond acceptors (Lipinski definition) is 6. The van der Waals surface area contributed by atoms with E-state index >= 15 is 0 Å². The number of allylic oxidation sites excluding steroid dienone is 1. The molecule has 2 aliphatic heterocycles. The molecule has 0 spiro atoms. The molecule has 6 nitrogen and oxygen atoms in total. The van der Waals surface area contributed by atoms with Gasteiger partial charge in [0.2, 0.25) is 0 Å². The molecule has 0 unspecified atom stereocenters. The van der Waals surface area contributed by atoms with Crippen LogP contribution in [0.2, 0.25) is 6.32 Å². The maximum Gasteiger partial charge on any atom is 0.456 e. The summed E-state index contributed by atoms with van der Waals surface area (Å²) in [4.78, 5) is 0. The van der Waals surface area contributed by atoms with Crippen molar-refractivity contribution in [2.75, 3.05) is 12.4 Å². The largest absolute Gasteiger partial charge is 0.507 e. The summed E-state index contributed by atoms with van der Waals surface area (Å²) in [7, 11) is -4.53. The summed E-state index contributed by atoms with van der Waals surface area (Å²) < 4.78 is 31.1. The molecule has 3 N–H and O–H groups in total. The van der Waals surface area contributed by atoms with Crippen LogP contribution in [0.1, 0.15) is 25.3 Å². The molecule has 9 heteroatoms. The minimum absolute atomic E-state index is 0.0123. The van der Waals surface area contributed by atoms with Crippen molar-refractivity contribution in [2.24, 2.45) is 0 Å². The number of fused-ring (bicyclic) bond motifs is 1. The lowest BCUT2D eigenvalue weighted by molar-refractivity contribution is 0.168. The topological polar surface area (TPSA) is 104 Å². The molecular formula is C18H22BBrO6S. The number of phenolic OH excluding ortho intramolecular Hbond substituents is 1. The van der Waals surface area contributed by atoms with Gasteiger partial charge < -0.3 is 19.9 Å². The number of rotatable bonds is 5. The molecule has 0 bridgehead atoms. The predicted molar refractivity (Wildman–Crippen MR) is 108 cm³/mol. The van der Waals surface area contributed by atoms with Crippen LogP contribution in [0, 0.1) is 0 Å². The fourth-order valence-corrected chi connectivity index (χ4v) is 6.24. The van der Waals surface area contributed by atoms with Gasteiger partial charge in [-0.3, -0.25) is 0 Å². The van der Waals surface area contributed by atoms with E-state index in [4.69, 9.17) is 4.65 Å². The van der Waals surface area contributed by atoms with Crippen molar-refractivity contribution < 1.29 is 28.3 Å². The van der Waals surface area contributed by atoms with Gasteiger partial charge in [0.05, 0.1) is 23.7 Å². The molecule has 0 aliphatic carbocycles. The molecule has 2 atom stereocenters. The fraction of sp³-hybridized carbons (Fsp3) is 0.444. The van der Waals surface area contributed by atoms with Gasteiger partial charge >= 0.3 is 7.12 Å². The predicted octanol–water partition coefficient (Wildman–Crippen LogP) is 2.30. The van der Waals surface area contributed by atoms with Crippen LogP contribution in [-0.2, 0) is 14.5 Å². The third kappa shape index (κ3) is 4.48. The van der Waals surface area contributed by atoms with E-state index in [9.17, 15) is 23.7 Å². The van der Waals surface area contributed by atoms with Crippen molar-refractivity contribution in [3.8, 4) is 5.75 Å². The van der Waals surface area contributed by atoms with Gasteiger partial charge in [0.15, 0.2) is 9.84 Å². The Labute approximate surface area is 167 Å². The molecule has 146 valence electrons. The van der Waals surface area contributed by atoms with Gasteiger partial charge in [-0.1, -0.05) is 27.6 Å². The average molecular weight is 457 g/mol. The lowest BCUT2D eigenvalue weighted by atomic mass is 9.74. The molecule has 2 heterocycles. The molecule has 27 heavy (non-hydrogen) atoms. The summed E-state index contributed by atoms with van der Waals surface area (Å²) in [6, 6.07) is 5.17. The summed E-state index contributed by atoms with van der Waals surface area (Å²) in [6.07, 6.45) is 2.41. The lowest BCUT2D eigenvalue weighted by Gasteiger charge is -2.31. The number of hydrogen-bond donors (Lipinski definition) is 3. The number of halogens is 1. The van der Waals surface area contributed by atoms with Crippen LogP contribution < -0.4 is 0 Å². The smallest absolute Gasteiger partial charge is 0.456 e. The molecule has 1 aromatic carbocycles. The number of benzene rings is 1. The van der Waals surface area contributed by atoms with E-state index in [1.165, 1.54) is 0 Å². The Hall–Kier alpha value is -1.13. The van der Waals surface area contributed by atoms with Gasteiger partial charge in [0.1, 0.15) is 5.75 Å². The maximum absolute atomic E-state index is 12.3. The molecule has 0 saturated carbocycles. The van der Waals surface area contributed by atoms with Crippen molar-refractivity contribution >= 4 is 39.0 Å². The zero-order chi connectivity index (χ0) is 19.8. The normalized spacial score (nSPS) is 25.0. The molecule has 1 saturated heterocycles. The number of aromatic hydroxyl groups is 1. The van der Waals surface area contributed by atoms with E-state index in [-0.39, 0.29) is 24.4 Å². The molecule has 0 aromatic heterocycles. The lowest BCUT2D eigenvalue weighted by Crippen LogP contribution is -2.42. The Morgan fingerprint density at radius 3 is 2.89 bits per heavy atom. The Morgan fingerprint density at radius 2 is 2.19 bits per heavy atom. The minimum atomic E-state index is -3.40. The van der Waals surface area contributed by atoms with E-state index in [2.05, 4.69) is 15.9 Å². The second-order valence-corrected chi connectivity index (χ2v) is 10.2. The number of aliphatic hydroxyl groups is 1. The monoisotopic (exact) mass is 456 g/mol. The Kier molecular flexibility index (Phi) is 6.17. The van der Waals surface area contributed by atoms with Crippen LogP contribution in [0.15, 0.2) is 39.4 Å². The summed E-state index contributed by atoms with van der Waals surface area (Å²) in [5.74, 6) is 0.00528. The zero-order valence-electron chi connectivity index (χ0n) is 14.9. The van der Waals surface area contributed by atoms with Crippen LogP contribution in [-0.4, -0.2) is 54.5 Å². The average Bonchev–Trinajstić information content (AvgIpc) is 2.86. The molecule has 3 rings (SSSR count). The highest BCUT2D eigenvalue weighted by atomic mass is 79.9. The molecule has 0 amide bonds. The molecule has 1 fully saturated rings. The number of sulfone groups is 1. The van der Waals surface area contributed by atoms with Crippen LogP contribution in [0.3, 0.4) is 0 Å². The summed E-state index contributed by atoms with van der Waals surface area (Å²) in [5, 5.41) is 28.7. The van der Waals surface area contributed by atoms with E-state index < -0.39 is 28.3 Å². The van der Waals surface area contributed by atoms with E-state index in [0.29, 0.717) is 29.6 Å². The van der Waals surface area contributed by atoms with Crippen molar-refractivity contribution in [3.05, 3.63) is 45.0 Å². The van der Waals surface area contributed by atoms with Crippen molar-refractivity contribution in [3.63, 3.8) is 0 Å². The highest BCUT2D eigenvalue weighted by molar-refractivity contribution is 9.10. The molecule has 1 aromatic rings. The van der Waals surface area contributed by atoms with Crippen LogP contribution in [0.4, 0.5) is 0 Å². The van der Waals surface area contributed by atoms with Gasteiger partial charge in [-0.25, -0.2) is 8.42 Å². The summed E-state index contributed by atoms with van der Waals surface area (Å²) in [6.45, 7) is 1.60. The fourth-order valence-electron chi connectivity index (χ4n) is 3.76. The number of aliphatic hydroxyl groups excluding tert-OH is 1. The van der Waals surface area contributed by atoms with E-state index in [0.717, 1.165) is 10.0 Å². The first-order valence-corrected chi connectivity index (χ1v) is 11.3. The first kappa shape index (κ1) is 20.6. The van der Waals surface area contributed by atoms with Crippen LogP contribution in [0.25, 0.3) is 6.08 Å². The standard InChI is InChI=1S/C18H22BBrO6S/c1-11(6-12-7-14(20)3-4-15(12)22)2-5-16-18-13(9-21)10-27(24,25)17(18)8-19(23)26-16/h3-4,6-7,16-17,21-23H,2,5,8-10H2,1H3/b11-6+/t16-,17+/m1/s1. The van der Waals surface area contributed by atoms with Crippen molar-refractivity contribution in [1.29, 1.82) is 0 Å².